The first-order valence-corrected chi connectivity index (χ1v) is 9.74. The third kappa shape index (κ3) is 8.63. The number of carbonyl (C=O) groups is 2. The van der Waals surface area contributed by atoms with E-state index in [0.717, 1.165) is 51.4 Å². The highest BCUT2D eigenvalue weighted by Crippen LogP contribution is 2.34. The summed E-state index contributed by atoms with van der Waals surface area (Å²) in [7, 11) is 0. The van der Waals surface area contributed by atoms with E-state index in [9.17, 15) is 19.8 Å². The molecule has 0 aliphatic heterocycles. The lowest BCUT2D eigenvalue weighted by Crippen LogP contribution is -2.19. The van der Waals surface area contributed by atoms with Crippen LogP contribution in [0.5, 0.6) is 0 Å². The molecule has 5 nitrogen and oxygen atoms in total. The second kappa shape index (κ2) is 12.2. The SMILES string of the molecule is CCCCC[C@@H](O)C=C[C@@H]1[C@H](CCCCCCC(=O)O)C(=O)C[C@@H]1O. The van der Waals surface area contributed by atoms with E-state index in [-0.39, 0.29) is 30.5 Å². The number of hydrogen-bond acceptors (Lipinski definition) is 4. The molecule has 5 heteroatoms. The molecule has 1 fully saturated rings. The molecule has 3 N–H and O–H groups in total. The van der Waals surface area contributed by atoms with E-state index >= 15 is 0 Å². The van der Waals surface area contributed by atoms with Crippen LogP contribution in [0.25, 0.3) is 0 Å². The van der Waals surface area contributed by atoms with Crippen LogP contribution in [0.15, 0.2) is 12.2 Å². The van der Waals surface area contributed by atoms with Crippen LogP contribution in [-0.4, -0.2) is 39.3 Å². The second-order valence-electron chi connectivity index (χ2n) is 7.22. The maximum absolute atomic E-state index is 12.1. The Kier molecular flexibility index (Phi) is 10.7. The molecule has 1 saturated carbocycles. The number of ketones is 1. The first-order chi connectivity index (χ1) is 12.0. The van der Waals surface area contributed by atoms with E-state index in [4.69, 9.17) is 5.11 Å². The molecule has 0 amide bonds. The molecule has 0 heterocycles. The summed E-state index contributed by atoms with van der Waals surface area (Å²) in [6.45, 7) is 2.12. The summed E-state index contributed by atoms with van der Waals surface area (Å²) in [6, 6.07) is 0. The smallest absolute Gasteiger partial charge is 0.303 e. The van der Waals surface area contributed by atoms with E-state index in [1.54, 1.807) is 6.08 Å². The first kappa shape index (κ1) is 21.8. The van der Waals surface area contributed by atoms with Crippen LogP contribution in [0.2, 0.25) is 0 Å². The van der Waals surface area contributed by atoms with Crippen molar-refractivity contribution < 1.29 is 24.9 Å². The molecule has 1 aliphatic rings. The van der Waals surface area contributed by atoms with Gasteiger partial charge in [0.1, 0.15) is 5.78 Å². The van der Waals surface area contributed by atoms with Crippen molar-refractivity contribution in [1.29, 1.82) is 0 Å². The topological polar surface area (TPSA) is 94.8 Å². The Bertz CT molecular complexity index is 432. The molecule has 1 aliphatic carbocycles. The molecule has 144 valence electrons. The summed E-state index contributed by atoms with van der Waals surface area (Å²) in [5.74, 6) is -1.04. The van der Waals surface area contributed by atoms with Crippen LogP contribution in [0.3, 0.4) is 0 Å². The number of aliphatic hydroxyl groups excluding tert-OH is 2. The average molecular weight is 354 g/mol. The van der Waals surface area contributed by atoms with Gasteiger partial charge < -0.3 is 15.3 Å². The molecule has 0 bridgehead atoms. The molecule has 25 heavy (non-hydrogen) atoms. The third-order valence-electron chi connectivity index (χ3n) is 5.05. The Labute approximate surface area is 151 Å². The van der Waals surface area contributed by atoms with Crippen molar-refractivity contribution in [2.75, 3.05) is 0 Å². The van der Waals surface area contributed by atoms with Crippen LogP contribution < -0.4 is 0 Å². The van der Waals surface area contributed by atoms with Gasteiger partial charge in [0.15, 0.2) is 0 Å². The quantitative estimate of drug-likeness (QED) is 0.348. The van der Waals surface area contributed by atoms with Gasteiger partial charge in [-0.15, -0.1) is 0 Å². The highest BCUT2D eigenvalue weighted by molar-refractivity contribution is 5.84. The summed E-state index contributed by atoms with van der Waals surface area (Å²) in [4.78, 5) is 22.6. The lowest BCUT2D eigenvalue weighted by molar-refractivity contribution is -0.137. The zero-order valence-electron chi connectivity index (χ0n) is 15.4. The standard InChI is InChI=1S/C20H34O5/c1-2-3-6-9-15(21)12-13-17-16(18(22)14-19(17)23)10-7-4-5-8-11-20(24)25/h12-13,15-17,19,21,23H,2-11,14H2,1H3,(H,24,25)/t15-,16+,17-,19+/m1/s1. The van der Waals surface area contributed by atoms with E-state index in [2.05, 4.69) is 6.92 Å². The summed E-state index contributed by atoms with van der Waals surface area (Å²) in [5, 5.41) is 28.7. The van der Waals surface area contributed by atoms with Gasteiger partial charge in [-0.25, -0.2) is 0 Å². The van der Waals surface area contributed by atoms with Gasteiger partial charge in [0.2, 0.25) is 0 Å². The van der Waals surface area contributed by atoms with E-state index < -0.39 is 18.2 Å². The van der Waals surface area contributed by atoms with Crippen LogP contribution >= 0.6 is 0 Å². The zero-order valence-corrected chi connectivity index (χ0v) is 15.4. The lowest BCUT2D eigenvalue weighted by atomic mass is 9.88. The molecule has 4 atom stereocenters. The molecule has 0 aromatic rings. The number of Topliss-reactive ketones (excluding diaryl/α,β-unsaturated/α-hetero) is 1. The number of aliphatic carboxylic acids is 1. The first-order valence-electron chi connectivity index (χ1n) is 9.74. The minimum Gasteiger partial charge on any atom is -0.481 e. The molecule has 0 radical (unpaired) electrons. The number of hydrogen-bond donors (Lipinski definition) is 3. The maximum atomic E-state index is 12.1. The molecule has 0 spiro atoms. The molecular weight excluding hydrogens is 320 g/mol. The van der Waals surface area contributed by atoms with Crippen LogP contribution in [0.1, 0.15) is 77.6 Å². The molecule has 1 rings (SSSR count). The Balaban J connectivity index is 2.39. The average Bonchev–Trinajstić information content (AvgIpc) is 2.82. The van der Waals surface area contributed by atoms with E-state index in [0.29, 0.717) is 6.42 Å². The Hall–Kier alpha value is -1.20. The fourth-order valence-corrected chi connectivity index (χ4v) is 3.54. The van der Waals surface area contributed by atoms with Gasteiger partial charge in [0.05, 0.1) is 12.2 Å². The molecular formula is C20H34O5. The highest BCUT2D eigenvalue weighted by Gasteiger charge is 2.39. The fourth-order valence-electron chi connectivity index (χ4n) is 3.54. The van der Waals surface area contributed by atoms with Crippen molar-refractivity contribution >= 4 is 11.8 Å². The minimum absolute atomic E-state index is 0.105. The molecule has 0 unspecified atom stereocenters. The number of carboxylic acids is 1. The largest absolute Gasteiger partial charge is 0.481 e. The highest BCUT2D eigenvalue weighted by atomic mass is 16.4. The molecule has 0 aromatic heterocycles. The number of carbonyl (C=O) groups excluding carboxylic acids is 1. The van der Waals surface area contributed by atoms with Gasteiger partial charge in [0.25, 0.3) is 0 Å². The zero-order chi connectivity index (χ0) is 18.7. The lowest BCUT2D eigenvalue weighted by Gasteiger charge is -2.18. The normalized spacial score (nSPS) is 24.9. The van der Waals surface area contributed by atoms with Crippen LogP contribution in [-0.2, 0) is 9.59 Å². The van der Waals surface area contributed by atoms with Gasteiger partial charge in [0, 0.05) is 24.7 Å². The van der Waals surface area contributed by atoms with Gasteiger partial charge in [-0.2, -0.15) is 0 Å². The van der Waals surface area contributed by atoms with Gasteiger partial charge in [-0.05, 0) is 19.3 Å². The number of unbranched alkanes of at least 4 members (excludes halogenated alkanes) is 5. The maximum Gasteiger partial charge on any atom is 0.303 e. The predicted octanol–water partition coefficient (Wildman–Crippen LogP) is 3.48. The number of carboxylic acid groups (broad SMARTS) is 1. The van der Waals surface area contributed by atoms with Crippen molar-refractivity contribution in [2.24, 2.45) is 11.8 Å². The Morgan fingerprint density at radius 2 is 1.92 bits per heavy atom. The Morgan fingerprint density at radius 3 is 2.60 bits per heavy atom. The fraction of sp³-hybridized carbons (Fsp3) is 0.800. The molecule has 0 aromatic carbocycles. The summed E-state index contributed by atoms with van der Waals surface area (Å²) in [6.07, 6.45) is 10.7. The minimum atomic E-state index is -0.767. The van der Waals surface area contributed by atoms with Crippen molar-refractivity contribution in [1.82, 2.24) is 0 Å². The van der Waals surface area contributed by atoms with Crippen molar-refractivity contribution in [3.8, 4) is 0 Å². The summed E-state index contributed by atoms with van der Waals surface area (Å²) in [5.41, 5.74) is 0. The van der Waals surface area contributed by atoms with Crippen molar-refractivity contribution in [2.45, 2.75) is 89.8 Å². The van der Waals surface area contributed by atoms with E-state index in [1.807, 2.05) is 6.08 Å². The molecule has 0 saturated heterocycles. The van der Waals surface area contributed by atoms with Gasteiger partial charge in [-0.1, -0.05) is 57.6 Å². The Morgan fingerprint density at radius 1 is 1.20 bits per heavy atom. The van der Waals surface area contributed by atoms with Gasteiger partial charge in [-0.3, -0.25) is 9.59 Å². The summed E-state index contributed by atoms with van der Waals surface area (Å²) >= 11 is 0. The van der Waals surface area contributed by atoms with Crippen LogP contribution in [0, 0.1) is 11.8 Å². The predicted molar refractivity (Wildman–Crippen MR) is 97.2 cm³/mol. The number of rotatable bonds is 13. The summed E-state index contributed by atoms with van der Waals surface area (Å²) < 4.78 is 0. The van der Waals surface area contributed by atoms with Crippen molar-refractivity contribution in [3.63, 3.8) is 0 Å². The van der Waals surface area contributed by atoms with E-state index in [1.165, 1.54) is 0 Å². The van der Waals surface area contributed by atoms with Crippen molar-refractivity contribution in [3.05, 3.63) is 12.2 Å². The van der Waals surface area contributed by atoms with Gasteiger partial charge >= 0.3 is 5.97 Å². The monoisotopic (exact) mass is 354 g/mol. The third-order valence-corrected chi connectivity index (χ3v) is 5.05. The van der Waals surface area contributed by atoms with Crippen LogP contribution in [0.4, 0.5) is 0 Å². The second-order valence-corrected chi connectivity index (χ2v) is 7.22. The number of aliphatic hydroxyl groups is 2.